The van der Waals surface area contributed by atoms with Crippen molar-refractivity contribution in [2.45, 2.75) is 27.2 Å². The van der Waals surface area contributed by atoms with Crippen LogP contribution in [0.4, 0.5) is 0 Å². The largest absolute Gasteiger partial charge is 0.426 e. The van der Waals surface area contributed by atoms with Crippen LogP contribution in [0.15, 0.2) is 24.3 Å². The van der Waals surface area contributed by atoms with E-state index in [0.717, 1.165) is 12.7 Å². The number of aldehydes is 1. The molecule has 16 heavy (non-hydrogen) atoms. The van der Waals surface area contributed by atoms with Gasteiger partial charge in [-0.25, -0.2) is 0 Å². The summed E-state index contributed by atoms with van der Waals surface area (Å²) < 4.78 is 5.21. The number of hydrogen-bond donors (Lipinski definition) is 0. The highest BCUT2D eigenvalue weighted by atomic mass is 16.5. The van der Waals surface area contributed by atoms with Crippen molar-refractivity contribution in [3.8, 4) is 5.75 Å². The zero-order valence-electron chi connectivity index (χ0n) is 9.82. The molecule has 0 heterocycles. The van der Waals surface area contributed by atoms with Gasteiger partial charge in [-0.2, -0.15) is 0 Å². The van der Waals surface area contributed by atoms with E-state index in [9.17, 15) is 9.59 Å². The van der Waals surface area contributed by atoms with Crippen molar-refractivity contribution in [3.63, 3.8) is 0 Å². The third-order valence-electron chi connectivity index (χ3n) is 2.66. The maximum Gasteiger partial charge on any atom is 0.316 e. The van der Waals surface area contributed by atoms with Crippen LogP contribution >= 0.6 is 0 Å². The fraction of sp³-hybridized carbons (Fsp3) is 0.385. The summed E-state index contributed by atoms with van der Waals surface area (Å²) in [6.07, 6.45) is 1.47. The van der Waals surface area contributed by atoms with Crippen LogP contribution < -0.4 is 4.74 Å². The van der Waals surface area contributed by atoms with Crippen LogP contribution in [-0.4, -0.2) is 12.3 Å². The molecule has 1 aromatic rings. The molecule has 1 aromatic carbocycles. The molecular formula is C13H16O3. The van der Waals surface area contributed by atoms with Gasteiger partial charge in [-0.1, -0.05) is 6.92 Å². The Kier molecular flexibility index (Phi) is 3.82. The van der Waals surface area contributed by atoms with Gasteiger partial charge in [-0.05, 0) is 44.5 Å². The average molecular weight is 220 g/mol. The van der Waals surface area contributed by atoms with Crippen molar-refractivity contribution in [2.75, 3.05) is 0 Å². The Bertz CT molecular complexity index is 377. The van der Waals surface area contributed by atoms with E-state index < -0.39 is 5.41 Å². The summed E-state index contributed by atoms with van der Waals surface area (Å²) in [5.74, 6) is 0.214. The second-order valence-electron chi connectivity index (χ2n) is 4.31. The van der Waals surface area contributed by atoms with Crippen molar-refractivity contribution in [1.29, 1.82) is 0 Å². The van der Waals surface area contributed by atoms with Crippen molar-refractivity contribution < 1.29 is 14.3 Å². The molecule has 0 N–H and O–H groups in total. The Labute approximate surface area is 95.4 Å². The van der Waals surface area contributed by atoms with E-state index in [4.69, 9.17) is 4.74 Å². The predicted molar refractivity (Wildman–Crippen MR) is 61.5 cm³/mol. The fourth-order valence-corrected chi connectivity index (χ4v) is 1.00. The van der Waals surface area contributed by atoms with E-state index in [1.165, 1.54) is 0 Å². The lowest BCUT2D eigenvalue weighted by molar-refractivity contribution is -0.144. The predicted octanol–water partition coefficient (Wildman–Crippen LogP) is 2.84. The van der Waals surface area contributed by atoms with Gasteiger partial charge in [0.2, 0.25) is 0 Å². The molecule has 0 radical (unpaired) electrons. The maximum atomic E-state index is 11.7. The molecule has 0 saturated carbocycles. The van der Waals surface area contributed by atoms with E-state index in [1.807, 2.05) is 20.8 Å². The molecule has 0 bridgehead atoms. The summed E-state index contributed by atoms with van der Waals surface area (Å²) in [5, 5.41) is 0. The summed E-state index contributed by atoms with van der Waals surface area (Å²) in [6.45, 7) is 5.63. The normalized spacial score (nSPS) is 10.9. The Balaban J connectivity index is 2.73. The average Bonchev–Trinajstić information content (AvgIpc) is 2.30. The van der Waals surface area contributed by atoms with Crippen LogP contribution in [0.2, 0.25) is 0 Å². The second kappa shape index (κ2) is 4.92. The number of ether oxygens (including phenoxy) is 1. The van der Waals surface area contributed by atoms with Gasteiger partial charge in [-0.15, -0.1) is 0 Å². The molecular weight excluding hydrogens is 204 g/mol. The Morgan fingerprint density at radius 3 is 2.31 bits per heavy atom. The van der Waals surface area contributed by atoms with Gasteiger partial charge in [0.25, 0.3) is 0 Å². The van der Waals surface area contributed by atoms with Crippen molar-refractivity contribution in [3.05, 3.63) is 29.8 Å². The number of hydrogen-bond acceptors (Lipinski definition) is 3. The molecule has 0 atom stereocenters. The van der Waals surface area contributed by atoms with E-state index in [-0.39, 0.29) is 5.97 Å². The lowest BCUT2D eigenvalue weighted by Crippen LogP contribution is -2.28. The number of carbonyl (C=O) groups excluding carboxylic acids is 2. The van der Waals surface area contributed by atoms with Crippen LogP contribution in [0.1, 0.15) is 37.6 Å². The third-order valence-corrected chi connectivity index (χ3v) is 2.66. The van der Waals surface area contributed by atoms with Gasteiger partial charge in [0, 0.05) is 5.56 Å². The Hall–Kier alpha value is -1.64. The number of esters is 1. The molecule has 0 aliphatic heterocycles. The summed E-state index contributed by atoms with van der Waals surface area (Å²) in [5.41, 5.74) is 0.0816. The molecule has 1 rings (SSSR count). The quantitative estimate of drug-likeness (QED) is 0.445. The molecule has 0 aliphatic carbocycles. The van der Waals surface area contributed by atoms with Crippen LogP contribution in [0.25, 0.3) is 0 Å². The van der Waals surface area contributed by atoms with E-state index >= 15 is 0 Å². The van der Waals surface area contributed by atoms with Gasteiger partial charge in [0.1, 0.15) is 12.0 Å². The fourth-order valence-electron chi connectivity index (χ4n) is 1.00. The smallest absolute Gasteiger partial charge is 0.316 e. The summed E-state index contributed by atoms with van der Waals surface area (Å²) in [4.78, 5) is 22.2. The molecule has 0 aromatic heterocycles. The number of rotatable bonds is 4. The van der Waals surface area contributed by atoms with E-state index in [0.29, 0.717) is 11.3 Å². The van der Waals surface area contributed by atoms with Crippen LogP contribution in [0.5, 0.6) is 5.75 Å². The van der Waals surface area contributed by atoms with Crippen molar-refractivity contribution in [2.24, 2.45) is 5.41 Å². The zero-order chi connectivity index (χ0) is 12.2. The standard InChI is InChI=1S/C13H16O3/c1-4-13(2,3)12(15)16-11-7-5-10(9-14)6-8-11/h5-9H,4H2,1-3H3. The van der Waals surface area contributed by atoms with E-state index in [1.54, 1.807) is 24.3 Å². The number of benzene rings is 1. The third kappa shape index (κ3) is 2.92. The highest BCUT2D eigenvalue weighted by Crippen LogP contribution is 2.23. The Morgan fingerprint density at radius 1 is 1.31 bits per heavy atom. The minimum atomic E-state index is -0.483. The minimum absolute atomic E-state index is 0.256. The minimum Gasteiger partial charge on any atom is -0.426 e. The van der Waals surface area contributed by atoms with Gasteiger partial charge < -0.3 is 4.74 Å². The van der Waals surface area contributed by atoms with Gasteiger partial charge in [0.15, 0.2) is 0 Å². The molecule has 0 amide bonds. The molecule has 0 saturated heterocycles. The molecule has 0 spiro atoms. The first kappa shape index (κ1) is 12.4. The summed E-state index contributed by atoms with van der Waals surface area (Å²) >= 11 is 0. The first-order chi connectivity index (χ1) is 7.49. The monoisotopic (exact) mass is 220 g/mol. The SMILES string of the molecule is CCC(C)(C)C(=O)Oc1ccc(C=O)cc1. The van der Waals surface area contributed by atoms with Crippen LogP contribution in [0.3, 0.4) is 0 Å². The second-order valence-corrected chi connectivity index (χ2v) is 4.31. The Morgan fingerprint density at radius 2 is 1.88 bits per heavy atom. The van der Waals surface area contributed by atoms with Crippen LogP contribution in [0, 0.1) is 5.41 Å². The lowest BCUT2D eigenvalue weighted by Gasteiger charge is -2.19. The topological polar surface area (TPSA) is 43.4 Å². The highest BCUT2D eigenvalue weighted by Gasteiger charge is 2.27. The number of carbonyl (C=O) groups is 2. The highest BCUT2D eigenvalue weighted by molar-refractivity contribution is 5.79. The summed E-state index contributed by atoms with van der Waals surface area (Å²) in [7, 11) is 0. The first-order valence-corrected chi connectivity index (χ1v) is 5.27. The van der Waals surface area contributed by atoms with E-state index in [2.05, 4.69) is 0 Å². The molecule has 3 heteroatoms. The van der Waals surface area contributed by atoms with Gasteiger partial charge in [-0.3, -0.25) is 9.59 Å². The molecule has 3 nitrogen and oxygen atoms in total. The van der Waals surface area contributed by atoms with Gasteiger partial charge >= 0.3 is 5.97 Å². The first-order valence-electron chi connectivity index (χ1n) is 5.27. The maximum absolute atomic E-state index is 11.7. The van der Waals surface area contributed by atoms with Crippen molar-refractivity contribution >= 4 is 12.3 Å². The zero-order valence-corrected chi connectivity index (χ0v) is 9.82. The molecule has 0 unspecified atom stereocenters. The molecule has 86 valence electrons. The molecule has 0 aliphatic rings. The lowest BCUT2D eigenvalue weighted by atomic mass is 9.91. The van der Waals surface area contributed by atoms with Gasteiger partial charge in [0.05, 0.1) is 5.41 Å². The summed E-state index contributed by atoms with van der Waals surface area (Å²) in [6, 6.07) is 6.48. The van der Waals surface area contributed by atoms with Crippen LogP contribution in [-0.2, 0) is 4.79 Å². The molecule has 0 fully saturated rings. The van der Waals surface area contributed by atoms with Crippen molar-refractivity contribution in [1.82, 2.24) is 0 Å².